The summed E-state index contributed by atoms with van der Waals surface area (Å²) < 4.78 is 62.8. The van der Waals surface area contributed by atoms with Crippen molar-refractivity contribution in [3.05, 3.63) is 28.7 Å². The Morgan fingerprint density at radius 1 is 1.17 bits per heavy atom. The molecule has 0 unspecified atom stereocenters. The molecule has 1 saturated heterocycles. The van der Waals surface area contributed by atoms with E-state index < -0.39 is 33.6 Å². The molecule has 2 rings (SSSR count). The van der Waals surface area contributed by atoms with Crippen molar-refractivity contribution in [3.63, 3.8) is 0 Å². The third-order valence-corrected chi connectivity index (χ3v) is 5.94. The Kier molecular flexibility index (Phi) is 5.40. The lowest BCUT2D eigenvalue weighted by atomic mass is 9.96. The van der Waals surface area contributed by atoms with Crippen LogP contribution in [0.4, 0.5) is 13.2 Å². The highest BCUT2D eigenvalue weighted by Crippen LogP contribution is 2.34. The molecule has 0 saturated carbocycles. The average Bonchev–Trinajstić information content (AvgIpc) is 2.46. The third-order valence-electron chi connectivity index (χ3n) is 3.80. The first kappa shape index (κ1) is 18.3. The van der Waals surface area contributed by atoms with Gasteiger partial charge in [0.05, 0.1) is 10.8 Å². The SMILES string of the molecule is O=C(CS(=O)(=O)c1ccc(Br)cc1)N1CCC(C(F)(F)F)CC1. The third kappa shape index (κ3) is 4.69. The van der Waals surface area contributed by atoms with Crippen molar-refractivity contribution in [2.24, 2.45) is 5.92 Å². The first-order valence-electron chi connectivity index (χ1n) is 6.92. The molecule has 0 bridgehead atoms. The molecule has 4 nitrogen and oxygen atoms in total. The zero-order valence-electron chi connectivity index (χ0n) is 12.0. The lowest BCUT2D eigenvalue weighted by Crippen LogP contribution is -2.44. The van der Waals surface area contributed by atoms with Crippen LogP contribution >= 0.6 is 15.9 Å². The van der Waals surface area contributed by atoms with Crippen LogP contribution in [-0.2, 0) is 14.6 Å². The second-order valence-electron chi connectivity index (χ2n) is 5.41. The molecule has 0 radical (unpaired) electrons. The van der Waals surface area contributed by atoms with Gasteiger partial charge in [-0.25, -0.2) is 8.42 Å². The van der Waals surface area contributed by atoms with Crippen LogP contribution in [-0.4, -0.2) is 44.2 Å². The fourth-order valence-electron chi connectivity index (χ4n) is 2.44. The van der Waals surface area contributed by atoms with Gasteiger partial charge in [0.1, 0.15) is 5.75 Å². The van der Waals surface area contributed by atoms with Gasteiger partial charge in [0, 0.05) is 17.6 Å². The van der Waals surface area contributed by atoms with Crippen LogP contribution in [0.25, 0.3) is 0 Å². The van der Waals surface area contributed by atoms with E-state index in [0.29, 0.717) is 4.47 Å². The van der Waals surface area contributed by atoms with E-state index in [2.05, 4.69) is 15.9 Å². The second kappa shape index (κ2) is 6.80. The number of hydrogen-bond donors (Lipinski definition) is 0. The van der Waals surface area contributed by atoms with Crippen molar-refractivity contribution < 1.29 is 26.4 Å². The Morgan fingerprint density at radius 2 is 1.70 bits per heavy atom. The van der Waals surface area contributed by atoms with Crippen LogP contribution < -0.4 is 0 Å². The van der Waals surface area contributed by atoms with Crippen molar-refractivity contribution in [3.8, 4) is 0 Å². The lowest BCUT2D eigenvalue weighted by Gasteiger charge is -2.32. The van der Waals surface area contributed by atoms with E-state index in [1.807, 2.05) is 0 Å². The quantitative estimate of drug-likeness (QED) is 0.764. The summed E-state index contributed by atoms with van der Waals surface area (Å²) in [6.07, 6.45) is -4.64. The number of hydrogen-bond acceptors (Lipinski definition) is 3. The fraction of sp³-hybridized carbons (Fsp3) is 0.500. The number of carbonyl (C=O) groups excluding carboxylic acids is 1. The molecule has 1 fully saturated rings. The van der Waals surface area contributed by atoms with Gasteiger partial charge in [0.2, 0.25) is 5.91 Å². The maximum atomic E-state index is 12.6. The number of carbonyl (C=O) groups is 1. The summed E-state index contributed by atoms with van der Waals surface area (Å²) in [6.45, 7) is -0.141. The normalized spacial score (nSPS) is 17.3. The summed E-state index contributed by atoms with van der Waals surface area (Å²) in [6, 6.07) is 5.85. The van der Waals surface area contributed by atoms with Crippen molar-refractivity contribution in [2.45, 2.75) is 23.9 Å². The van der Waals surface area contributed by atoms with Gasteiger partial charge >= 0.3 is 6.18 Å². The average molecular weight is 414 g/mol. The lowest BCUT2D eigenvalue weighted by molar-refractivity contribution is -0.186. The predicted molar refractivity (Wildman–Crippen MR) is 81.6 cm³/mol. The van der Waals surface area contributed by atoms with E-state index in [0.717, 1.165) is 0 Å². The molecule has 0 aromatic heterocycles. The summed E-state index contributed by atoms with van der Waals surface area (Å²) in [5.74, 6) is -2.81. The number of likely N-dealkylation sites (tertiary alicyclic amines) is 1. The highest BCUT2D eigenvalue weighted by molar-refractivity contribution is 9.10. The molecule has 0 atom stereocenters. The van der Waals surface area contributed by atoms with Crippen LogP contribution in [0.1, 0.15) is 12.8 Å². The van der Waals surface area contributed by atoms with Gasteiger partial charge in [-0.15, -0.1) is 0 Å². The summed E-state index contributed by atoms with van der Waals surface area (Å²) in [4.78, 5) is 13.3. The minimum atomic E-state index is -4.27. The van der Waals surface area contributed by atoms with Crippen LogP contribution in [0.15, 0.2) is 33.6 Å². The molecule has 1 aliphatic heterocycles. The molecular weight excluding hydrogens is 399 g/mol. The molecule has 1 aliphatic rings. The summed E-state index contributed by atoms with van der Waals surface area (Å²) >= 11 is 3.19. The molecule has 1 heterocycles. The van der Waals surface area contributed by atoms with Gasteiger partial charge in [-0.05, 0) is 37.1 Å². The van der Waals surface area contributed by atoms with E-state index in [9.17, 15) is 26.4 Å². The van der Waals surface area contributed by atoms with Crippen LogP contribution in [0.5, 0.6) is 0 Å². The van der Waals surface area contributed by atoms with Gasteiger partial charge in [0.25, 0.3) is 0 Å². The maximum absolute atomic E-state index is 12.6. The van der Waals surface area contributed by atoms with Crippen molar-refractivity contribution in [2.75, 3.05) is 18.8 Å². The van der Waals surface area contributed by atoms with Gasteiger partial charge in [-0.1, -0.05) is 15.9 Å². The highest BCUT2D eigenvalue weighted by atomic mass is 79.9. The molecule has 1 amide bonds. The van der Waals surface area contributed by atoms with Gasteiger partial charge in [0.15, 0.2) is 9.84 Å². The van der Waals surface area contributed by atoms with E-state index >= 15 is 0 Å². The van der Waals surface area contributed by atoms with E-state index in [-0.39, 0.29) is 30.8 Å². The van der Waals surface area contributed by atoms with E-state index in [1.54, 1.807) is 12.1 Å². The first-order valence-corrected chi connectivity index (χ1v) is 9.37. The Hall–Kier alpha value is -1.09. The summed E-state index contributed by atoms with van der Waals surface area (Å²) in [5.41, 5.74) is 0. The molecule has 128 valence electrons. The number of benzene rings is 1. The summed E-state index contributed by atoms with van der Waals surface area (Å²) in [7, 11) is -3.80. The number of halogens is 4. The zero-order chi connectivity index (χ0) is 17.3. The number of amides is 1. The topological polar surface area (TPSA) is 54.5 Å². The van der Waals surface area contributed by atoms with Crippen molar-refractivity contribution >= 4 is 31.7 Å². The van der Waals surface area contributed by atoms with Crippen molar-refractivity contribution in [1.82, 2.24) is 4.90 Å². The van der Waals surface area contributed by atoms with E-state index in [1.165, 1.54) is 17.0 Å². The summed E-state index contributed by atoms with van der Waals surface area (Å²) in [5, 5.41) is 0. The van der Waals surface area contributed by atoms with Crippen molar-refractivity contribution in [1.29, 1.82) is 0 Å². The minimum Gasteiger partial charge on any atom is -0.342 e. The minimum absolute atomic E-state index is 0.0132. The first-order chi connectivity index (χ1) is 10.6. The number of sulfone groups is 1. The molecule has 0 N–H and O–H groups in total. The molecule has 23 heavy (non-hydrogen) atoms. The fourth-order valence-corrected chi connectivity index (χ4v) is 3.92. The monoisotopic (exact) mass is 413 g/mol. The van der Waals surface area contributed by atoms with Gasteiger partial charge < -0.3 is 4.90 Å². The largest absolute Gasteiger partial charge is 0.391 e. The number of alkyl halides is 3. The highest BCUT2D eigenvalue weighted by Gasteiger charge is 2.42. The molecule has 0 spiro atoms. The van der Waals surface area contributed by atoms with E-state index in [4.69, 9.17) is 0 Å². The van der Waals surface area contributed by atoms with Gasteiger partial charge in [-0.2, -0.15) is 13.2 Å². The van der Waals surface area contributed by atoms with Crippen LogP contribution in [0.2, 0.25) is 0 Å². The predicted octanol–water partition coefficient (Wildman–Crippen LogP) is 3.02. The Morgan fingerprint density at radius 3 is 2.17 bits per heavy atom. The smallest absolute Gasteiger partial charge is 0.342 e. The molecule has 9 heteroatoms. The second-order valence-corrected chi connectivity index (χ2v) is 8.31. The van der Waals surface area contributed by atoms with Gasteiger partial charge in [-0.3, -0.25) is 4.79 Å². The molecular formula is C14H15BrF3NO3S. The molecule has 1 aromatic carbocycles. The van der Waals surface area contributed by atoms with Crippen LogP contribution in [0.3, 0.4) is 0 Å². The van der Waals surface area contributed by atoms with Crippen LogP contribution in [0, 0.1) is 5.92 Å². The molecule has 0 aliphatic carbocycles. The Bertz CT molecular complexity index is 666. The Balaban J connectivity index is 1.98. The number of nitrogens with zero attached hydrogens (tertiary/aromatic N) is 1. The number of rotatable bonds is 3. The maximum Gasteiger partial charge on any atom is 0.391 e. The Labute approximate surface area is 140 Å². The zero-order valence-corrected chi connectivity index (χ0v) is 14.4. The molecule has 1 aromatic rings. The number of piperidine rings is 1. The standard InChI is InChI=1S/C14H15BrF3NO3S/c15-11-1-3-12(4-2-11)23(21,22)9-13(20)19-7-5-10(6-8-19)14(16,17)18/h1-4,10H,5-9H2.